The molecule has 5 heterocycles. The maximum atomic E-state index is 14.4. The van der Waals surface area contributed by atoms with Crippen LogP contribution in [0.3, 0.4) is 0 Å². The fraction of sp³-hybridized carbons (Fsp3) is 0.925. The summed E-state index contributed by atoms with van der Waals surface area (Å²) in [4.78, 5) is 28.3. The van der Waals surface area contributed by atoms with Crippen LogP contribution in [0.25, 0.3) is 0 Å². The first-order valence-corrected chi connectivity index (χ1v) is 29.0. The summed E-state index contributed by atoms with van der Waals surface area (Å²) in [6.45, 7) is 14.3. The molecule has 24 nitrogen and oxygen atoms in total. The number of ether oxygens (including phenoxy) is 10. The molecule has 0 bridgehead atoms. The van der Waals surface area contributed by atoms with E-state index in [4.69, 9.17) is 47.4 Å². The van der Waals surface area contributed by atoms with Crippen LogP contribution in [0.5, 0.6) is 0 Å². The molecule has 4 aliphatic carbocycles. The molecule has 8 N–H and O–H groups in total. The summed E-state index contributed by atoms with van der Waals surface area (Å²) in [6.07, 6.45) is -21.6. The maximum Gasteiger partial charge on any atom is 1.00 e. The van der Waals surface area contributed by atoms with Crippen LogP contribution < -0.4 is 29.6 Å². The Labute approximate surface area is 483 Å². The number of methoxy groups -OCH3 is 1. The average Bonchev–Trinajstić information content (AvgIpc) is 4.02. The van der Waals surface area contributed by atoms with Crippen LogP contribution in [0, 0.1) is 45.3 Å². The Balaban J connectivity index is 0.00000822. The zero-order valence-corrected chi connectivity index (χ0v) is 49.7. The Morgan fingerprint density at radius 3 is 2.06 bits per heavy atom. The molecule has 26 heteroatoms. The number of Topliss-reactive ketones (excluding diaryl/α,β-unsaturated/α-hetero) is 1. The molecule has 26 atom stereocenters. The topological polar surface area (TPSA) is 355 Å². The zero-order valence-electron chi connectivity index (χ0n) is 46.9. The normalized spacial score (nSPS) is 49.6. The first kappa shape index (κ1) is 64.1. The molecule has 79 heavy (non-hydrogen) atoms. The summed E-state index contributed by atoms with van der Waals surface area (Å²) in [6, 6.07) is 0. The molecule has 5 saturated heterocycles. The Bertz CT molecular complexity index is 2330. The van der Waals surface area contributed by atoms with Gasteiger partial charge in [-0.2, -0.15) is 0 Å². The van der Waals surface area contributed by atoms with Crippen LogP contribution in [0.2, 0.25) is 0 Å². The van der Waals surface area contributed by atoms with E-state index in [1.165, 1.54) is 19.6 Å². The molecule has 24 unspecified atom stereocenters. The predicted molar refractivity (Wildman–Crippen MR) is 263 cm³/mol. The number of aliphatic hydroxyl groups is 8. The third kappa shape index (κ3) is 11.1. The quantitative estimate of drug-likeness (QED) is 0.0251. The Morgan fingerprint density at radius 2 is 1.41 bits per heavy atom. The SMILES string of the molecule is COC1C(O)C(CO)OC(OC2C(O)COC(OC3C(C)OC(OC4C(OC5CCC6(C)C7CCC89C(=O)O[C@@](C)(C(=O)CCC(C)C)C8CC[C@@]9(C)C7=CCC6C5(C)C)OCC(OS(=O)(=O)[O-])C4O)C(O)C3O)C2O)C1O.[Na+]. The van der Waals surface area contributed by atoms with E-state index in [0.29, 0.717) is 44.4 Å². The summed E-state index contributed by atoms with van der Waals surface area (Å²) < 4.78 is 99.5. The van der Waals surface area contributed by atoms with Gasteiger partial charge in [0.05, 0.1) is 37.4 Å². The van der Waals surface area contributed by atoms with Gasteiger partial charge >= 0.3 is 35.5 Å². The number of carbonyl (C=O) groups is 2. The van der Waals surface area contributed by atoms with Crippen molar-refractivity contribution in [2.24, 2.45) is 45.3 Å². The van der Waals surface area contributed by atoms with Crippen molar-refractivity contribution in [1.82, 2.24) is 0 Å². The second kappa shape index (κ2) is 23.7. The van der Waals surface area contributed by atoms with Crippen LogP contribution in [0.4, 0.5) is 0 Å². The largest absolute Gasteiger partial charge is 1.00 e. The smallest absolute Gasteiger partial charge is 0.726 e. The van der Waals surface area contributed by atoms with Crippen molar-refractivity contribution in [3.63, 3.8) is 0 Å². The maximum absolute atomic E-state index is 14.4. The molecular weight excluding hydrogens is 1080 g/mol. The van der Waals surface area contributed by atoms with Gasteiger partial charge in [-0.25, -0.2) is 8.42 Å². The summed E-state index contributed by atoms with van der Waals surface area (Å²) in [5.41, 5.74) is -2.09. The molecule has 3 saturated carbocycles. The summed E-state index contributed by atoms with van der Waals surface area (Å²) in [5, 5.41) is 88.1. The zero-order chi connectivity index (χ0) is 57.0. The molecule has 5 aliphatic heterocycles. The molecule has 0 amide bonds. The van der Waals surface area contributed by atoms with Crippen molar-refractivity contribution >= 4 is 22.2 Å². The molecular formula is C53H83NaO24S. The number of carbonyl (C=O) groups excluding carboxylic acids is 2. The number of rotatable bonds is 16. The standard InChI is InChI=1S/C53H84O24S.Na/c1-23(2)10-13-32(56)52(8)31-15-18-51(7)26-11-12-30-49(4,5)33(16-17-50(30,6)25(26)14-19-53(31,51)48(63)76-52)72-47-43(35(58)29(22-69-47)77-78(64,65)66)75-45-37(60)36(59)40(24(3)70-45)73-44-38(61)41(27(55)21-68-44)74-46-39(62)42(67-9)34(57)28(20-54)71-46;/h11,23-25,27-31,33-47,54-55,57-62H,10,12-22H2,1-9H3,(H,64,65,66);/q;+1/p-1/t24?,25?,27?,28?,29?,30?,31?,33?,34?,35?,36?,37?,38?,39?,40?,41?,42?,43?,44?,45?,46?,47?,50?,51-,52+,53?;/m0./s1. The predicted octanol–water partition coefficient (Wildman–Crippen LogP) is -3.00. The Kier molecular flexibility index (Phi) is 19.3. The number of cyclic esters (lactones) is 1. The van der Waals surface area contributed by atoms with Crippen LogP contribution in [0.1, 0.15) is 113 Å². The first-order chi connectivity index (χ1) is 36.5. The average molecular weight is 1160 g/mol. The van der Waals surface area contributed by atoms with Crippen LogP contribution in [0.15, 0.2) is 11.6 Å². The minimum Gasteiger partial charge on any atom is -0.726 e. The van der Waals surface area contributed by atoms with Crippen molar-refractivity contribution in [2.75, 3.05) is 26.9 Å². The van der Waals surface area contributed by atoms with Gasteiger partial charge in [0, 0.05) is 24.9 Å². The molecule has 8 fully saturated rings. The van der Waals surface area contributed by atoms with Gasteiger partial charge in [-0.05, 0) is 93.8 Å². The van der Waals surface area contributed by atoms with Gasteiger partial charge in [-0.15, -0.1) is 0 Å². The van der Waals surface area contributed by atoms with E-state index in [-0.39, 0.29) is 64.5 Å². The van der Waals surface area contributed by atoms with E-state index in [1.54, 1.807) is 0 Å². The molecule has 0 aromatic rings. The van der Waals surface area contributed by atoms with Crippen LogP contribution in [-0.4, -0.2) is 215 Å². The third-order valence-corrected chi connectivity index (χ3v) is 20.6. The first-order valence-electron chi connectivity index (χ1n) is 27.7. The summed E-state index contributed by atoms with van der Waals surface area (Å²) in [7, 11) is -4.19. The minimum absolute atomic E-state index is 0. The van der Waals surface area contributed by atoms with Gasteiger partial charge < -0.3 is 92.8 Å². The molecule has 0 aromatic carbocycles. The van der Waals surface area contributed by atoms with Gasteiger partial charge in [0.1, 0.15) is 79.4 Å². The van der Waals surface area contributed by atoms with Gasteiger partial charge in [-0.1, -0.05) is 53.2 Å². The molecule has 1 spiro atoms. The molecule has 446 valence electrons. The van der Waals surface area contributed by atoms with Gasteiger partial charge in [0.2, 0.25) is 10.4 Å². The number of esters is 1. The number of fused-ring (bicyclic) bond motifs is 4. The number of ketones is 1. The van der Waals surface area contributed by atoms with Crippen molar-refractivity contribution in [1.29, 1.82) is 0 Å². The van der Waals surface area contributed by atoms with Gasteiger partial charge in [0.15, 0.2) is 36.5 Å². The minimum atomic E-state index is -5.39. The molecule has 9 aliphatic rings. The van der Waals surface area contributed by atoms with E-state index in [0.717, 1.165) is 19.3 Å². The molecule has 0 radical (unpaired) electrons. The van der Waals surface area contributed by atoms with E-state index in [9.17, 15) is 63.4 Å². The van der Waals surface area contributed by atoms with Crippen molar-refractivity contribution in [3.8, 4) is 0 Å². The van der Waals surface area contributed by atoms with E-state index in [1.807, 2.05) is 6.92 Å². The van der Waals surface area contributed by atoms with Gasteiger partial charge in [-0.3, -0.25) is 13.8 Å². The fourth-order valence-corrected chi connectivity index (χ4v) is 16.3. The number of hydrogen-bond acceptors (Lipinski definition) is 24. The Morgan fingerprint density at radius 1 is 0.759 bits per heavy atom. The summed E-state index contributed by atoms with van der Waals surface area (Å²) >= 11 is 0. The number of aliphatic hydroxyl groups excluding tert-OH is 8. The number of hydrogen-bond donors (Lipinski definition) is 8. The second-order valence-electron chi connectivity index (χ2n) is 25.2. The molecule has 0 aromatic heterocycles. The Hall–Kier alpha value is -0.930. The van der Waals surface area contributed by atoms with Crippen molar-refractivity contribution in [3.05, 3.63) is 11.6 Å². The van der Waals surface area contributed by atoms with E-state index in [2.05, 4.69) is 51.8 Å². The van der Waals surface area contributed by atoms with E-state index < -0.39 is 169 Å². The van der Waals surface area contributed by atoms with Crippen LogP contribution >= 0.6 is 0 Å². The van der Waals surface area contributed by atoms with E-state index >= 15 is 0 Å². The van der Waals surface area contributed by atoms with Crippen LogP contribution in [-0.2, 0) is 71.5 Å². The third-order valence-electron chi connectivity index (χ3n) is 20.1. The second-order valence-corrected chi connectivity index (χ2v) is 26.2. The monoisotopic (exact) mass is 1160 g/mol. The number of allylic oxidation sites excluding steroid dienone is 2. The fourth-order valence-electron chi connectivity index (χ4n) is 15.8. The molecule has 9 rings (SSSR count). The van der Waals surface area contributed by atoms with Gasteiger partial charge in [0.25, 0.3) is 0 Å². The van der Waals surface area contributed by atoms with Crippen molar-refractivity contribution < 1.29 is 145 Å². The summed E-state index contributed by atoms with van der Waals surface area (Å²) in [5.74, 6) is -0.0232. The van der Waals surface area contributed by atoms with Crippen molar-refractivity contribution in [2.45, 2.75) is 235 Å².